The van der Waals surface area contributed by atoms with Crippen LogP contribution in [0.2, 0.25) is 5.02 Å². The number of thiazole rings is 1. The summed E-state index contributed by atoms with van der Waals surface area (Å²) < 4.78 is 45.9. The minimum absolute atomic E-state index is 0.0221. The van der Waals surface area contributed by atoms with Gasteiger partial charge in [0.1, 0.15) is 5.82 Å². The van der Waals surface area contributed by atoms with Crippen molar-refractivity contribution in [1.29, 1.82) is 0 Å². The minimum Gasteiger partial charge on any atom is -0.475 e. The van der Waals surface area contributed by atoms with Crippen molar-refractivity contribution in [2.75, 3.05) is 31.5 Å². The van der Waals surface area contributed by atoms with E-state index in [-0.39, 0.29) is 16.5 Å². The zero-order valence-electron chi connectivity index (χ0n) is 19.4. The molecule has 1 amide bonds. The topological polar surface area (TPSA) is 98.7 Å². The van der Waals surface area contributed by atoms with E-state index in [4.69, 9.17) is 21.5 Å². The highest BCUT2D eigenvalue weighted by Gasteiger charge is 2.38. The van der Waals surface area contributed by atoms with Gasteiger partial charge in [0.25, 0.3) is 5.91 Å². The summed E-state index contributed by atoms with van der Waals surface area (Å²) in [7, 11) is 0. The summed E-state index contributed by atoms with van der Waals surface area (Å²) in [5, 5.41) is 11.1. The Morgan fingerprint density at radius 2 is 1.78 bits per heavy atom. The molecule has 0 bridgehead atoms. The van der Waals surface area contributed by atoms with E-state index in [1.54, 1.807) is 22.3 Å². The number of benzene rings is 1. The van der Waals surface area contributed by atoms with Crippen LogP contribution in [0.15, 0.2) is 42.6 Å². The van der Waals surface area contributed by atoms with Gasteiger partial charge in [0.15, 0.2) is 10.9 Å². The number of aromatic nitrogens is 2. The number of carboxylic acid groups (broad SMARTS) is 1. The molecule has 14 heteroatoms. The fourth-order valence-electron chi connectivity index (χ4n) is 3.34. The van der Waals surface area contributed by atoms with Crippen molar-refractivity contribution in [3.63, 3.8) is 0 Å². The number of hydrogen-bond donors (Lipinski definition) is 2. The zero-order valence-corrected chi connectivity index (χ0v) is 21.0. The van der Waals surface area contributed by atoms with Gasteiger partial charge in [0.05, 0.1) is 16.3 Å². The first-order valence-electron chi connectivity index (χ1n) is 10.8. The van der Waals surface area contributed by atoms with Crippen molar-refractivity contribution in [3.8, 4) is 0 Å². The minimum atomic E-state index is -5.08. The van der Waals surface area contributed by atoms with Gasteiger partial charge in [-0.15, -0.1) is 11.3 Å². The number of amides is 1. The fourth-order valence-corrected chi connectivity index (χ4v) is 4.18. The predicted octanol–water partition coefficient (Wildman–Crippen LogP) is 4.97. The van der Waals surface area contributed by atoms with Gasteiger partial charge in [0, 0.05) is 43.8 Å². The molecule has 0 atom stereocenters. The highest BCUT2D eigenvalue weighted by molar-refractivity contribution is 7.15. The van der Waals surface area contributed by atoms with Crippen LogP contribution in [0.4, 0.5) is 28.5 Å². The molecule has 37 heavy (non-hydrogen) atoms. The molecule has 8 nitrogen and oxygen atoms in total. The highest BCUT2D eigenvalue weighted by Crippen LogP contribution is 2.22. The molecule has 1 saturated heterocycles. The Balaban J connectivity index is 0.000000479. The molecule has 0 radical (unpaired) electrons. The Kier molecular flexibility index (Phi) is 9.40. The van der Waals surface area contributed by atoms with Crippen molar-refractivity contribution in [2.24, 2.45) is 0 Å². The number of nitrogens with one attached hydrogen (secondary N) is 1. The lowest BCUT2D eigenvalue weighted by atomic mass is 10.1. The van der Waals surface area contributed by atoms with E-state index in [1.807, 2.05) is 31.3 Å². The lowest BCUT2D eigenvalue weighted by Gasteiger charge is -2.34. The quantitative estimate of drug-likeness (QED) is 0.426. The number of rotatable bonds is 5. The SMILES string of the molecule is Cc1cnc(Nc2cccc(CN3CCN(C(=O)c4cccc(Cl)c4F)CC3)n2)s1.O=C(O)C(F)(F)F. The fraction of sp³-hybridized carbons (Fsp3) is 0.304. The predicted molar refractivity (Wildman–Crippen MR) is 131 cm³/mol. The van der Waals surface area contributed by atoms with E-state index in [1.165, 1.54) is 12.1 Å². The van der Waals surface area contributed by atoms with Gasteiger partial charge in [-0.25, -0.2) is 19.2 Å². The molecule has 1 aliphatic heterocycles. The number of nitrogens with zero attached hydrogens (tertiary/aromatic N) is 4. The number of carbonyl (C=O) groups excluding carboxylic acids is 1. The molecule has 4 rings (SSSR count). The molecule has 1 fully saturated rings. The summed E-state index contributed by atoms with van der Waals surface area (Å²) in [5.41, 5.74) is 0.961. The Hall–Kier alpha value is -3.29. The van der Waals surface area contributed by atoms with Crippen LogP contribution in [0.5, 0.6) is 0 Å². The van der Waals surface area contributed by atoms with E-state index in [0.717, 1.165) is 21.5 Å². The number of aliphatic carboxylic acids is 1. The van der Waals surface area contributed by atoms with Crippen LogP contribution in [0.3, 0.4) is 0 Å². The lowest BCUT2D eigenvalue weighted by Crippen LogP contribution is -2.48. The molecular weight excluding hydrogens is 538 g/mol. The molecular formula is C23H22ClF4N5O3S. The zero-order chi connectivity index (χ0) is 27.2. The first kappa shape index (κ1) is 28.3. The van der Waals surface area contributed by atoms with Crippen molar-refractivity contribution in [2.45, 2.75) is 19.6 Å². The summed E-state index contributed by atoms with van der Waals surface area (Å²) in [5.74, 6) is -2.98. The molecule has 1 aromatic carbocycles. The van der Waals surface area contributed by atoms with Gasteiger partial charge in [0.2, 0.25) is 0 Å². The van der Waals surface area contributed by atoms with Crippen LogP contribution in [0, 0.1) is 12.7 Å². The first-order chi connectivity index (χ1) is 17.4. The van der Waals surface area contributed by atoms with Crippen LogP contribution >= 0.6 is 22.9 Å². The molecule has 0 saturated carbocycles. The van der Waals surface area contributed by atoms with Crippen LogP contribution in [0.1, 0.15) is 20.9 Å². The Morgan fingerprint density at radius 3 is 2.38 bits per heavy atom. The third-order valence-corrected chi connectivity index (χ3v) is 6.25. The molecule has 3 heterocycles. The summed E-state index contributed by atoms with van der Waals surface area (Å²) in [6.07, 6.45) is -3.26. The second kappa shape index (κ2) is 12.3. The number of carbonyl (C=O) groups is 2. The number of piperazine rings is 1. The maximum atomic E-state index is 14.2. The number of halogens is 5. The van der Waals surface area contributed by atoms with Crippen molar-refractivity contribution >= 4 is 45.8 Å². The van der Waals surface area contributed by atoms with E-state index in [9.17, 15) is 22.4 Å². The maximum Gasteiger partial charge on any atom is 0.490 e. The average Bonchev–Trinajstić information content (AvgIpc) is 3.25. The number of carboxylic acids is 1. The molecule has 198 valence electrons. The first-order valence-corrected chi connectivity index (χ1v) is 12.0. The van der Waals surface area contributed by atoms with Crippen molar-refractivity contribution in [3.05, 3.63) is 69.6 Å². The molecule has 0 spiro atoms. The van der Waals surface area contributed by atoms with E-state index in [0.29, 0.717) is 32.7 Å². The summed E-state index contributed by atoms with van der Waals surface area (Å²) in [4.78, 5) is 35.5. The van der Waals surface area contributed by atoms with Gasteiger partial charge < -0.3 is 15.3 Å². The number of alkyl halides is 3. The maximum absolute atomic E-state index is 14.2. The largest absolute Gasteiger partial charge is 0.490 e. The Bertz CT molecular complexity index is 1250. The average molecular weight is 560 g/mol. The molecule has 0 aliphatic carbocycles. The van der Waals surface area contributed by atoms with Crippen molar-refractivity contribution in [1.82, 2.24) is 19.8 Å². The summed E-state index contributed by atoms with van der Waals surface area (Å²) in [6, 6.07) is 10.4. The summed E-state index contributed by atoms with van der Waals surface area (Å²) in [6.45, 7) is 5.14. The number of anilines is 2. The molecule has 2 aromatic heterocycles. The third kappa shape index (κ3) is 8.10. The number of aryl methyl sites for hydroxylation is 1. The van der Waals surface area contributed by atoms with Gasteiger partial charge in [-0.1, -0.05) is 23.7 Å². The number of hydrogen-bond acceptors (Lipinski definition) is 7. The second-order valence-corrected chi connectivity index (χ2v) is 9.53. The van der Waals surface area contributed by atoms with Crippen LogP contribution < -0.4 is 5.32 Å². The normalized spacial score (nSPS) is 14.1. The molecule has 0 unspecified atom stereocenters. The smallest absolute Gasteiger partial charge is 0.475 e. The van der Waals surface area contributed by atoms with E-state index >= 15 is 0 Å². The molecule has 1 aliphatic rings. The van der Waals surface area contributed by atoms with Crippen LogP contribution in [-0.2, 0) is 11.3 Å². The van der Waals surface area contributed by atoms with Crippen LogP contribution in [0.25, 0.3) is 0 Å². The monoisotopic (exact) mass is 559 g/mol. The van der Waals surface area contributed by atoms with Gasteiger partial charge in [-0.05, 0) is 31.2 Å². The van der Waals surface area contributed by atoms with Crippen LogP contribution in [-0.4, -0.2) is 69.1 Å². The molecule has 3 aromatic rings. The highest BCUT2D eigenvalue weighted by atomic mass is 35.5. The van der Waals surface area contributed by atoms with Gasteiger partial charge >= 0.3 is 12.1 Å². The van der Waals surface area contributed by atoms with E-state index < -0.39 is 18.0 Å². The second-order valence-electron chi connectivity index (χ2n) is 7.89. The Labute approximate surface area is 218 Å². The van der Waals surface area contributed by atoms with Gasteiger partial charge in [-0.3, -0.25) is 9.69 Å². The third-order valence-electron chi connectivity index (χ3n) is 5.13. The van der Waals surface area contributed by atoms with Gasteiger partial charge in [-0.2, -0.15) is 13.2 Å². The van der Waals surface area contributed by atoms with E-state index in [2.05, 4.69) is 20.2 Å². The van der Waals surface area contributed by atoms with Crippen molar-refractivity contribution < 1.29 is 32.3 Å². The summed E-state index contributed by atoms with van der Waals surface area (Å²) >= 11 is 7.39. The lowest BCUT2D eigenvalue weighted by molar-refractivity contribution is -0.192. The molecule has 2 N–H and O–H groups in total. The number of pyridine rings is 1. The standard InChI is InChI=1S/C21H21ClFN5OS.C2HF3O2/c1-14-12-24-21(30-14)26-18-7-2-4-15(25-18)13-27-8-10-28(11-9-27)20(29)16-5-3-6-17(22)19(16)23;3-2(4,5)1(6)7/h2-7,12H,8-11,13H2,1H3,(H,24,25,26);(H,6,7). The Morgan fingerprint density at radius 1 is 1.14 bits per heavy atom.